The van der Waals surface area contributed by atoms with Crippen molar-refractivity contribution in [3.8, 4) is 5.75 Å². The van der Waals surface area contributed by atoms with Gasteiger partial charge in [0.25, 0.3) is 5.91 Å². The van der Waals surface area contributed by atoms with Crippen LogP contribution in [0.5, 0.6) is 5.75 Å². The fourth-order valence-electron chi connectivity index (χ4n) is 2.03. The summed E-state index contributed by atoms with van der Waals surface area (Å²) in [6.07, 6.45) is 0.818. The molecule has 0 heterocycles. The maximum atomic E-state index is 12.3. The Kier molecular flexibility index (Phi) is 3.85. The van der Waals surface area contributed by atoms with Crippen molar-refractivity contribution in [1.29, 1.82) is 0 Å². The Labute approximate surface area is 112 Å². The third-order valence-electron chi connectivity index (χ3n) is 3.10. The molecular weight excluding hydrogens is 238 g/mol. The van der Waals surface area contributed by atoms with E-state index >= 15 is 0 Å². The minimum absolute atomic E-state index is 0.119. The van der Waals surface area contributed by atoms with Gasteiger partial charge in [-0.3, -0.25) is 4.79 Å². The van der Waals surface area contributed by atoms with Crippen molar-refractivity contribution in [3.63, 3.8) is 0 Å². The molecule has 2 rings (SSSR count). The minimum Gasteiger partial charge on any atom is -0.508 e. The summed E-state index contributed by atoms with van der Waals surface area (Å²) in [6, 6.07) is 12.5. The molecule has 0 saturated carbocycles. The van der Waals surface area contributed by atoms with E-state index in [1.165, 1.54) is 0 Å². The lowest BCUT2D eigenvalue weighted by atomic mass is 10.0. The fourth-order valence-corrected chi connectivity index (χ4v) is 2.03. The summed E-state index contributed by atoms with van der Waals surface area (Å²) in [4.78, 5) is 12.3. The van der Waals surface area contributed by atoms with Crippen molar-refractivity contribution in [2.75, 3.05) is 5.32 Å². The highest BCUT2D eigenvalue weighted by Gasteiger charge is 2.11. The van der Waals surface area contributed by atoms with Crippen LogP contribution < -0.4 is 5.32 Å². The van der Waals surface area contributed by atoms with Gasteiger partial charge in [0.05, 0.1) is 0 Å². The van der Waals surface area contributed by atoms with E-state index in [2.05, 4.69) is 5.32 Å². The second-order valence-corrected chi connectivity index (χ2v) is 4.46. The van der Waals surface area contributed by atoms with E-state index in [9.17, 15) is 9.90 Å². The number of phenols is 1. The highest BCUT2D eigenvalue weighted by molar-refractivity contribution is 6.05. The van der Waals surface area contributed by atoms with Gasteiger partial charge >= 0.3 is 0 Å². The normalized spacial score (nSPS) is 10.2. The molecule has 0 aliphatic heterocycles. The zero-order valence-corrected chi connectivity index (χ0v) is 11.1. The number of aromatic hydroxyl groups is 1. The van der Waals surface area contributed by atoms with Crippen LogP contribution in [0.4, 0.5) is 5.69 Å². The Hall–Kier alpha value is -2.29. The van der Waals surface area contributed by atoms with Crippen LogP contribution in [0.1, 0.15) is 28.4 Å². The molecule has 0 saturated heterocycles. The predicted octanol–water partition coefficient (Wildman–Crippen LogP) is 3.52. The summed E-state index contributed by atoms with van der Waals surface area (Å²) < 4.78 is 0. The fraction of sp³-hybridized carbons (Fsp3) is 0.188. The monoisotopic (exact) mass is 255 g/mol. The van der Waals surface area contributed by atoms with Crippen LogP contribution in [0.15, 0.2) is 42.5 Å². The Balaban J connectivity index is 2.26. The third-order valence-corrected chi connectivity index (χ3v) is 3.10. The van der Waals surface area contributed by atoms with E-state index in [0.717, 1.165) is 17.5 Å². The molecule has 0 aromatic heterocycles. The van der Waals surface area contributed by atoms with E-state index in [4.69, 9.17) is 0 Å². The van der Waals surface area contributed by atoms with E-state index in [1.54, 1.807) is 18.2 Å². The molecule has 0 spiro atoms. The van der Waals surface area contributed by atoms with Crippen LogP contribution >= 0.6 is 0 Å². The van der Waals surface area contributed by atoms with Crippen LogP contribution in [0.3, 0.4) is 0 Å². The van der Waals surface area contributed by atoms with Gasteiger partial charge in [-0.1, -0.05) is 25.1 Å². The lowest BCUT2D eigenvalue weighted by Crippen LogP contribution is -2.14. The highest BCUT2D eigenvalue weighted by Crippen LogP contribution is 2.21. The number of anilines is 1. The maximum Gasteiger partial charge on any atom is 0.255 e. The van der Waals surface area contributed by atoms with E-state index < -0.39 is 0 Å². The predicted molar refractivity (Wildman–Crippen MR) is 76.6 cm³/mol. The van der Waals surface area contributed by atoms with Crippen molar-refractivity contribution >= 4 is 11.6 Å². The quantitative estimate of drug-likeness (QED) is 0.824. The van der Waals surface area contributed by atoms with Crippen LogP contribution in [0.2, 0.25) is 0 Å². The summed E-state index contributed by atoms with van der Waals surface area (Å²) in [7, 11) is 0. The standard InChI is InChI=1S/C16H17NO2/c1-3-12-6-4-5-7-14(12)16(19)17-15-9-8-13(18)10-11(15)2/h4-10,18H,3H2,1-2H3,(H,17,19). The first-order valence-electron chi connectivity index (χ1n) is 6.30. The Morgan fingerprint density at radius 2 is 1.95 bits per heavy atom. The van der Waals surface area contributed by atoms with Crippen molar-refractivity contribution in [3.05, 3.63) is 59.2 Å². The summed E-state index contributed by atoms with van der Waals surface area (Å²) in [5, 5.41) is 12.2. The van der Waals surface area contributed by atoms with Gasteiger partial charge in [0, 0.05) is 11.3 Å². The zero-order chi connectivity index (χ0) is 13.8. The number of aryl methyl sites for hydroxylation is 2. The number of phenolic OH excluding ortho intramolecular Hbond substituents is 1. The van der Waals surface area contributed by atoms with Crippen LogP contribution in [0.25, 0.3) is 0 Å². The van der Waals surface area contributed by atoms with Crippen LogP contribution in [-0.2, 0) is 6.42 Å². The first kappa shape index (κ1) is 13.1. The number of carbonyl (C=O) groups is 1. The molecule has 0 fully saturated rings. The molecule has 0 unspecified atom stereocenters. The Morgan fingerprint density at radius 3 is 2.63 bits per heavy atom. The van der Waals surface area contributed by atoms with Crippen LogP contribution in [-0.4, -0.2) is 11.0 Å². The third kappa shape index (κ3) is 2.94. The van der Waals surface area contributed by atoms with Gasteiger partial charge in [-0.05, 0) is 48.7 Å². The molecule has 2 aromatic carbocycles. The SMILES string of the molecule is CCc1ccccc1C(=O)Nc1ccc(O)cc1C. The van der Waals surface area contributed by atoms with Gasteiger partial charge in [0.2, 0.25) is 0 Å². The van der Waals surface area contributed by atoms with Gasteiger partial charge in [-0.2, -0.15) is 0 Å². The van der Waals surface area contributed by atoms with Gasteiger partial charge in [-0.25, -0.2) is 0 Å². The Bertz CT molecular complexity index is 605. The van der Waals surface area contributed by atoms with Crippen molar-refractivity contribution in [2.45, 2.75) is 20.3 Å². The van der Waals surface area contributed by atoms with Gasteiger partial charge in [0.1, 0.15) is 5.75 Å². The molecule has 19 heavy (non-hydrogen) atoms. The number of hydrogen-bond donors (Lipinski definition) is 2. The smallest absolute Gasteiger partial charge is 0.255 e. The second-order valence-electron chi connectivity index (χ2n) is 4.46. The molecule has 1 amide bonds. The van der Waals surface area contributed by atoms with E-state index in [1.807, 2.05) is 38.1 Å². The molecule has 3 nitrogen and oxygen atoms in total. The summed E-state index contributed by atoms with van der Waals surface area (Å²) >= 11 is 0. The maximum absolute atomic E-state index is 12.3. The highest BCUT2D eigenvalue weighted by atomic mass is 16.3. The Morgan fingerprint density at radius 1 is 1.21 bits per heavy atom. The first-order chi connectivity index (χ1) is 9.11. The van der Waals surface area contributed by atoms with Crippen molar-refractivity contribution < 1.29 is 9.90 Å². The number of amides is 1. The van der Waals surface area contributed by atoms with Gasteiger partial charge < -0.3 is 10.4 Å². The molecule has 2 N–H and O–H groups in total. The molecule has 0 radical (unpaired) electrons. The molecule has 98 valence electrons. The molecular formula is C16H17NO2. The average molecular weight is 255 g/mol. The zero-order valence-electron chi connectivity index (χ0n) is 11.1. The van der Waals surface area contributed by atoms with Crippen molar-refractivity contribution in [1.82, 2.24) is 0 Å². The first-order valence-corrected chi connectivity index (χ1v) is 6.30. The van der Waals surface area contributed by atoms with Crippen LogP contribution in [0, 0.1) is 6.92 Å². The van der Waals surface area contributed by atoms with E-state index in [0.29, 0.717) is 11.3 Å². The summed E-state index contributed by atoms with van der Waals surface area (Å²) in [6.45, 7) is 3.87. The topological polar surface area (TPSA) is 49.3 Å². The number of benzene rings is 2. The number of carbonyl (C=O) groups excluding carboxylic acids is 1. The number of rotatable bonds is 3. The van der Waals surface area contributed by atoms with Crippen molar-refractivity contribution in [2.24, 2.45) is 0 Å². The molecule has 0 aliphatic carbocycles. The molecule has 2 aromatic rings. The molecule has 0 aliphatic rings. The summed E-state index contributed by atoms with van der Waals surface area (Å²) in [5.74, 6) is 0.0793. The lowest BCUT2D eigenvalue weighted by Gasteiger charge is -2.11. The van der Waals surface area contributed by atoms with Gasteiger partial charge in [0.15, 0.2) is 0 Å². The summed E-state index contributed by atoms with van der Waals surface area (Å²) in [5.41, 5.74) is 3.27. The number of hydrogen-bond acceptors (Lipinski definition) is 2. The van der Waals surface area contributed by atoms with Gasteiger partial charge in [-0.15, -0.1) is 0 Å². The molecule has 0 bridgehead atoms. The largest absolute Gasteiger partial charge is 0.508 e. The minimum atomic E-state index is -0.119. The average Bonchev–Trinajstić information content (AvgIpc) is 2.41. The number of nitrogens with one attached hydrogen (secondary N) is 1. The molecule has 3 heteroatoms. The van der Waals surface area contributed by atoms with E-state index in [-0.39, 0.29) is 11.7 Å². The molecule has 0 atom stereocenters. The lowest BCUT2D eigenvalue weighted by molar-refractivity contribution is 0.102. The second kappa shape index (κ2) is 5.57.